The second-order valence-corrected chi connectivity index (χ2v) is 8.24. The number of carbonyl (C=O) groups excluding carboxylic acids is 1. The number of furan rings is 1. The summed E-state index contributed by atoms with van der Waals surface area (Å²) in [4.78, 5) is 12.2. The van der Waals surface area contributed by atoms with Gasteiger partial charge in [-0.1, -0.05) is 34.1 Å². The zero-order chi connectivity index (χ0) is 18.9. The van der Waals surface area contributed by atoms with Crippen molar-refractivity contribution in [3.8, 4) is 11.3 Å². The molecule has 136 valence electrons. The molecule has 2 aromatic carbocycles. The Labute approximate surface area is 169 Å². The van der Waals surface area contributed by atoms with E-state index < -0.39 is 11.7 Å². The SMILES string of the molecule is CC(C)(C)OC(=O)Nc1ccccc1-c1oc2ccc(CBr)cc2c1Br. The quantitative estimate of drug-likeness (QED) is 0.406. The number of amides is 1. The van der Waals surface area contributed by atoms with E-state index in [2.05, 4.69) is 43.2 Å². The third-order valence-corrected chi connectivity index (χ3v) is 5.09. The predicted molar refractivity (Wildman–Crippen MR) is 112 cm³/mol. The fourth-order valence-electron chi connectivity index (χ4n) is 2.57. The van der Waals surface area contributed by atoms with Crippen molar-refractivity contribution in [2.75, 3.05) is 5.32 Å². The van der Waals surface area contributed by atoms with E-state index in [1.807, 2.05) is 57.2 Å². The zero-order valence-corrected chi connectivity index (χ0v) is 17.9. The molecule has 0 fully saturated rings. The van der Waals surface area contributed by atoms with Gasteiger partial charge < -0.3 is 9.15 Å². The summed E-state index contributed by atoms with van der Waals surface area (Å²) in [5.74, 6) is 0.665. The molecule has 0 atom stereocenters. The summed E-state index contributed by atoms with van der Waals surface area (Å²) in [6, 6.07) is 13.5. The Morgan fingerprint density at radius 1 is 1.19 bits per heavy atom. The molecule has 6 heteroatoms. The van der Waals surface area contributed by atoms with Gasteiger partial charge in [0.25, 0.3) is 0 Å². The lowest BCUT2D eigenvalue weighted by atomic mass is 10.1. The highest BCUT2D eigenvalue weighted by atomic mass is 79.9. The predicted octanol–water partition coefficient (Wildman–Crippen LogP) is 7.10. The van der Waals surface area contributed by atoms with Crippen LogP contribution in [0.25, 0.3) is 22.3 Å². The Hall–Kier alpha value is -1.79. The van der Waals surface area contributed by atoms with Gasteiger partial charge in [0.1, 0.15) is 11.2 Å². The van der Waals surface area contributed by atoms with Crippen LogP contribution in [-0.2, 0) is 10.1 Å². The number of fused-ring (bicyclic) bond motifs is 1. The molecule has 0 saturated carbocycles. The fraction of sp³-hybridized carbons (Fsp3) is 0.250. The largest absolute Gasteiger partial charge is 0.455 e. The van der Waals surface area contributed by atoms with E-state index in [-0.39, 0.29) is 0 Å². The molecule has 0 saturated heterocycles. The molecule has 0 radical (unpaired) electrons. The van der Waals surface area contributed by atoms with Gasteiger partial charge in [0.05, 0.1) is 10.2 Å². The molecule has 3 rings (SSSR count). The lowest BCUT2D eigenvalue weighted by Crippen LogP contribution is -2.27. The summed E-state index contributed by atoms with van der Waals surface area (Å²) in [7, 11) is 0. The molecule has 0 aliphatic carbocycles. The average molecular weight is 481 g/mol. The van der Waals surface area contributed by atoms with Crippen molar-refractivity contribution in [2.24, 2.45) is 0 Å². The summed E-state index contributed by atoms with van der Waals surface area (Å²) in [5.41, 5.74) is 2.78. The molecule has 0 aliphatic heterocycles. The molecule has 1 amide bonds. The molecule has 26 heavy (non-hydrogen) atoms. The highest BCUT2D eigenvalue weighted by Gasteiger charge is 2.20. The number of para-hydroxylation sites is 1. The second-order valence-electron chi connectivity index (χ2n) is 6.88. The Bertz CT molecular complexity index is 957. The minimum absolute atomic E-state index is 0.501. The first kappa shape index (κ1) is 19.0. The average Bonchev–Trinajstić information content (AvgIpc) is 2.90. The summed E-state index contributed by atoms with van der Waals surface area (Å²) in [5, 5.41) is 4.57. The van der Waals surface area contributed by atoms with Gasteiger partial charge in [0.2, 0.25) is 0 Å². The number of hydrogen-bond donors (Lipinski definition) is 1. The van der Waals surface area contributed by atoms with Crippen LogP contribution in [0.3, 0.4) is 0 Å². The van der Waals surface area contributed by atoms with E-state index in [9.17, 15) is 4.79 Å². The molecule has 1 N–H and O–H groups in total. The molecule has 0 spiro atoms. The van der Waals surface area contributed by atoms with E-state index in [4.69, 9.17) is 9.15 Å². The van der Waals surface area contributed by atoms with Crippen molar-refractivity contribution in [1.29, 1.82) is 0 Å². The van der Waals surface area contributed by atoms with Crippen LogP contribution in [-0.4, -0.2) is 11.7 Å². The van der Waals surface area contributed by atoms with Gasteiger partial charge in [0.15, 0.2) is 5.76 Å². The van der Waals surface area contributed by atoms with E-state index in [1.165, 1.54) is 0 Å². The third-order valence-electron chi connectivity index (χ3n) is 3.65. The van der Waals surface area contributed by atoms with Crippen molar-refractivity contribution in [1.82, 2.24) is 0 Å². The Morgan fingerprint density at radius 2 is 1.92 bits per heavy atom. The number of benzene rings is 2. The van der Waals surface area contributed by atoms with Crippen molar-refractivity contribution in [2.45, 2.75) is 31.7 Å². The van der Waals surface area contributed by atoms with Gasteiger partial charge in [-0.3, -0.25) is 5.32 Å². The molecule has 0 aliphatic rings. The van der Waals surface area contributed by atoms with Crippen LogP contribution < -0.4 is 5.32 Å². The molecular formula is C20H19Br2NO3. The maximum Gasteiger partial charge on any atom is 0.412 e. The van der Waals surface area contributed by atoms with E-state index in [1.54, 1.807) is 0 Å². The molecule has 1 aromatic heterocycles. The number of rotatable bonds is 3. The first-order valence-electron chi connectivity index (χ1n) is 8.15. The maximum absolute atomic E-state index is 12.2. The summed E-state index contributed by atoms with van der Waals surface area (Å²) in [6.07, 6.45) is -0.501. The fourth-order valence-corrected chi connectivity index (χ4v) is 3.53. The lowest BCUT2D eigenvalue weighted by molar-refractivity contribution is 0.0636. The van der Waals surface area contributed by atoms with Gasteiger partial charge in [0, 0.05) is 16.3 Å². The van der Waals surface area contributed by atoms with Crippen molar-refractivity contribution < 1.29 is 13.9 Å². The summed E-state index contributed by atoms with van der Waals surface area (Å²) < 4.78 is 12.3. The number of carbonyl (C=O) groups is 1. The van der Waals surface area contributed by atoms with Crippen molar-refractivity contribution in [3.05, 3.63) is 52.5 Å². The first-order chi connectivity index (χ1) is 12.3. The van der Waals surface area contributed by atoms with Crippen LogP contribution in [0.1, 0.15) is 26.3 Å². The van der Waals surface area contributed by atoms with Gasteiger partial charge in [-0.25, -0.2) is 4.79 Å². The maximum atomic E-state index is 12.2. The van der Waals surface area contributed by atoms with Gasteiger partial charge in [-0.15, -0.1) is 0 Å². The number of nitrogens with one attached hydrogen (secondary N) is 1. The highest BCUT2D eigenvalue weighted by Crippen LogP contribution is 2.41. The van der Waals surface area contributed by atoms with Crippen LogP contribution in [0.5, 0.6) is 0 Å². The number of anilines is 1. The van der Waals surface area contributed by atoms with Crippen molar-refractivity contribution >= 4 is 54.6 Å². The zero-order valence-electron chi connectivity index (χ0n) is 14.7. The molecule has 3 aromatic rings. The minimum Gasteiger partial charge on any atom is -0.455 e. The normalized spacial score (nSPS) is 11.6. The van der Waals surface area contributed by atoms with Gasteiger partial charge in [-0.2, -0.15) is 0 Å². The van der Waals surface area contributed by atoms with Crippen molar-refractivity contribution in [3.63, 3.8) is 0 Å². The van der Waals surface area contributed by atoms with Crippen LogP contribution in [0.15, 0.2) is 51.4 Å². The molecule has 4 nitrogen and oxygen atoms in total. The third kappa shape index (κ3) is 4.13. The Balaban J connectivity index is 2.01. The van der Waals surface area contributed by atoms with Gasteiger partial charge >= 0.3 is 6.09 Å². The van der Waals surface area contributed by atoms with Crippen LogP contribution in [0.4, 0.5) is 10.5 Å². The molecule has 1 heterocycles. The highest BCUT2D eigenvalue weighted by molar-refractivity contribution is 9.10. The Morgan fingerprint density at radius 3 is 2.62 bits per heavy atom. The molecule has 0 unspecified atom stereocenters. The topological polar surface area (TPSA) is 51.5 Å². The van der Waals surface area contributed by atoms with E-state index >= 15 is 0 Å². The summed E-state index contributed by atoms with van der Waals surface area (Å²) >= 11 is 7.12. The standard InChI is InChI=1S/C20H19Br2NO3/c1-20(2,3)26-19(24)23-15-7-5-4-6-13(15)18-17(22)14-10-12(11-21)8-9-16(14)25-18/h4-10H,11H2,1-3H3,(H,23,24). The number of alkyl halides is 1. The van der Waals surface area contributed by atoms with Gasteiger partial charge in [-0.05, 0) is 66.5 Å². The van der Waals surface area contributed by atoms with E-state index in [0.717, 1.165) is 31.9 Å². The Kier molecular flexibility index (Phi) is 5.44. The number of ether oxygens (including phenoxy) is 1. The van der Waals surface area contributed by atoms with Crippen LogP contribution >= 0.6 is 31.9 Å². The molecular weight excluding hydrogens is 462 g/mol. The first-order valence-corrected chi connectivity index (χ1v) is 10.1. The van der Waals surface area contributed by atoms with Crippen LogP contribution in [0.2, 0.25) is 0 Å². The number of hydrogen-bond acceptors (Lipinski definition) is 3. The lowest BCUT2D eigenvalue weighted by Gasteiger charge is -2.20. The minimum atomic E-state index is -0.564. The van der Waals surface area contributed by atoms with E-state index in [0.29, 0.717) is 11.4 Å². The number of halogens is 2. The molecule has 0 bridgehead atoms. The smallest absolute Gasteiger partial charge is 0.412 e. The summed E-state index contributed by atoms with van der Waals surface area (Å²) in [6.45, 7) is 5.49. The second kappa shape index (κ2) is 7.45. The van der Waals surface area contributed by atoms with Crippen LogP contribution in [0, 0.1) is 0 Å². The monoisotopic (exact) mass is 479 g/mol.